The highest BCUT2D eigenvalue weighted by Crippen LogP contribution is 2.24. The van der Waals surface area contributed by atoms with Crippen LogP contribution in [-0.2, 0) is 6.42 Å². The average Bonchev–Trinajstić information content (AvgIpc) is 2.58. The van der Waals surface area contributed by atoms with Gasteiger partial charge in [0.15, 0.2) is 0 Å². The van der Waals surface area contributed by atoms with Crippen molar-refractivity contribution in [2.24, 2.45) is 0 Å². The highest BCUT2D eigenvalue weighted by molar-refractivity contribution is 14.1. The Labute approximate surface area is 105 Å². The molecule has 0 unspecified atom stereocenters. The van der Waals surface area contributed by atoms with E-state index < -0.39 is 0 Å². The Morgan fingerprint density at radius 1 is 1.40 bits per heavy atom. The molecule has 0 aliphatic rings. The third kappa shape index (κ3) is 2.33. The van der Waals surface area contributed by atoms with Crippen LogP contribution < -0.4 is 0 Å². The molecule has 2 aromatic heterocycles. The molecule has 2 rings (SSSR count). The van der Waals surface area contributed by atoms with Crippen LogP contribution in [0.3, 0.4) is 0 Å². The van der Waals surface area contributed by atoms with Gasteiger partial charge in [-0.2, -0.15) is 0 Å². The lowest BCUT2D eigenvalue weighted by Gasteiger charge is -1.99. The molecule has 82 valence electrons. The summed E-state index contributed by atoms with van der Waals surface area (Å²) in [6.07, 6.45) is 5.08. The van der Waals surface area contributed by atoms with Gasteiger partial charge < -0.3 is 0 Å². The molecule has 15 heavy (non-hydrogen) atoms. The minimum absolute atomic E-state index is 1.07. The summed E-state index contributed by atoms with van der Waals surface area (Å²) >= 11 is 2.27. The number of hydrogen-bond acceptors (Lipinski definition) is 1. The maximum Gasteiger partial charge on any atom is 0.149 e. The van der Waals surface area contributed by atoms with Gasteiger partial charge in [-0.15, -0.1) is 0 Å². The Bertz CT molecular complexity index is 446. The fourth-order valence-electron chi connectivity index (χ4n) is 1.67. The van der Waals surface area contributed by atoms with Gasteiger partial charge in [0.1, 0.15) is 5.65 Å². The molecule has 2 aromatic rings. The van der Waals surface area contributed by atoms with E-state index in [2.05, 4.69) is 56.7 Å². The standard InChI is InChI=1S/C10H11IN2.C2H6/c1-3-8-4-5-12-10-9(8)7(2)6-13(10)11;1-2/h4-6H,3H2,1-2H3;1-2H3. The molecule has 0 aliphatic heterocycles. The summed E-state index contributed by atoms with van der Waals surface area (Å²) in [5.41, 5.74) is 3.78. The SMILES string of the molecule is CC.CCc1ccnc2c1c(C)cn2I. The van der Waals surface area contributed by atoms with E-state index in [1.165, 1.54) is 16.5 Å². The van der Waals surface area contributed by atoms with Crippen molar-refractivity contribution in [1.82, 2.24) is 7.76 Å². The minimum atomic E-state index is 1.07. The Kier molecular flexibility index (Phi) is 4.57. The van der Waals surface area contributed by atoms with E-state index in [1.807, 2.05) is 20.0 Å². The summed E-state index contributed by atoms with van der Waals surface area (Å²) in [5.74, 6) is 0. The lowest BCUT2D eigenvalue weighted by atomic mass is 10.1. The molecule has 0 atom stereocenters. The third-order valence-corrected chi connectivity index (χ3v) is 3.04. The molecule has 0 amide bonds. The van der Waals surface area contributed by atoms with Crippen LogP contribution in [0.25, 0.3) is 11.0 Å². The molecule has 0 bridgehead atoms. The van der Waals surface area contributed by atoms with E-state index in [1.54, 1.807) is 0 Å². The van der Waals surface area contributed by atoms with Crippen LogP contribution in [0, 0.1) is 6.92 Å². The number of halogens is 1. The normalized spacial score (nSPS) is 9.93. The second kappa shape index (κ2) is 5.49. The zero-order valence-electron chi connectivity index (χ0n) is 9.71. The first-order chi connectivity index (χ1) is 7.24. The number of pyridine rings is 1. The monoisotopic (exact) mass is 316 g/mol. The van der Waals surface area contributed by atoms with Crippen LogP contribution in [0.2, 0.25) is 0 Å². The third-order valence-electron chi connectivity index (χ3n) is 2.30. The second-order valence-corrected chi connectivity index (χ2v) is 4.19. The zero-order valence-corrected chi connectivity index (χ0v) is 11.9. The molecule has 2 heterocycles. The van der Waals surface area contributed by atoms with Crippen LogP contribution in [0.1, 0.15) is 31.9 Å². The number of rotatable bonds is 1. The van der Waals surface area contributed by atoms with E-state index >= 15 is 0 Å². The van der Waals surface area contributed by atoms with Gasteiger partial charge in [0.05, 0.1) is 22.9 Å². The van der Waals surface area contributed by atoms with Crippen LogP contribution in [0.4, 0.5) is 0 Å². The maximum atomic E-state index is 4.37. The number of hydrogen-bond donors (Lipinski definition) is 0. The molecule has 2 nitrogen and oxygen atoms in total. The topological polar surface area (TPSA) is 17.8 Å². The molecule has 0 aromatic carbocycles. The molecule has 0 saturated carbocycles. The molecular weight excluding hydrogens is 299 g/mol. The molecule has 0 saturated heterocycles. The number of fused-ring (bicyclic) bond motifs is 1. The number of aromatic nitrogens is 2. The van der Waals surface area contributed by atoms with Gasteiger partial charge in [-0.25, -0.2) is 4.98 Å². The highest BCUT2D eigenvalue weighted by atomic mass is 127. The van der Waals surface area contributed by atoms with Crippen molar-refractivity contribution in [3.63, 3.8) is 0 Å². The predicted octanol–water partition coefficient (Wildman–Crippen LogP) is 4.13. The van der Waals surface area contributed by atoms with E-state index in [-0.39, 0.29) is 0 Å². The molecular formula is C12H17IN2. The molecule has 3 heteroatoms. The summed E-state index contributed by atoms with van der Waals surface area (Å²) in [4.78, 5) is 4.37. The minimum Gasteiger partial charge on any atom is -0.273 e. The van der Waals surface area contributed by atoms with Crippen molar-refractivity contribution in [3.05, 3.63) is 29.6 Å². The average molecular weight is 316 g/mol. The molecule has 0 fully saturated rings. The van der Waals surface area contributed by atoms with Crippen molar-refractivity contribution < 1.29 is 0 Å². The Balaban J connectivity index is 0.000000531. The molecule has 0 N–H and O–H groups in total. The van der Waals surface area contributed by atoms with Gasteiger partial charge in [-0.3, -0.25) is 2.78 Å². The Hall–Kier alpha value is -0.580. The van der Waals surface area contributed by atoms with E-state index in [9.17, 15) is 0 Å². The van der Waals surface area contributed by atoms with Crippen LogP contribution in [-0.4, -0.2) is 7.76 Å². The largest absolute Gasteiger partial charge is 0.273 e. The van der Waals surface area contributed by atoms with E-state index in [0.29, 0.717) is 0 Å². The fraction of sp³-hybridized carbons (Fsp3) is 0.417. The van der Waals surface area contributed by atoms with E-state index in [0.717, 1.165) is 12.1 Å². The van der Waals surface area contributed by atoms with Gasteiger partial charge in [-0.1, -0.05) is 20.8 Å². The fourth-order valence-corrected chi connectivity index (χ4v) is 2.45. The van der Waals surface area contributed by atoms with Crippen LogP contribution in [0.5, 0.6) is 0 Å². The molecule has 0 aliphatic carbocycles. The lowest BCUT2D eigenvalue weighted by Crippen LogP contribution is -1.86. The van der Waals surface area contributed by atoms with Gasteiger partial charge in [0.25, 0.3) is 0 Å². The predicted molar refractivity (Wildman–Crippen MR) is 74.6 cm³/mol. The Morgan fingerprint density at radius 2 is 2.07 bits per heavy atom. The first-order valence-corrected chi connectivity index (χ1v) is 6.32. The second-order valence-electron chi connectivity index (χ2n) is 3.15. The summed E-state index contributed by atoms with van der Waals surface area (Å²) < 4.78 is 2.06. The number of nitrogens with zero attached hydrogens (tertiary/aromatic N) is 2. The van der Waals surface area contributed by atoms with Crippen molar-refractivity contribution in [2.75, 3.05) is 0 Å². The van der Waals surface area contributed by atoms with Crippen molar-refractivity contribution in [3.8, 4) is 0 Å². The van der Waals surface area contributed by atoms with Gasteiger partial charge >= 0.3 is 0 Å². The summed E-state index contributed by atoms with van der Waals surface area (Å²) in [6.45, 7) is 8.32. The van der Waals surface area contributed by atoms with Crippen molar-refractivity contribution in [1.29, 1.82) is 0 Å². The van der Waals surface area contributed by atoms with Gasteiger partial charge in [0, 0.05) is 17.8 Å². The van der Waals surface area contributed by atoms with Crippen molar-refractivity contribution >= 4 is 33.9 Å². The lowest BCUT2D eigenvalue weighted by molar-refractivity contribution is 1.14. The molecule has 0 spiro atoms. The number of aryl methyl sites for hydroxylation is 2. The zero-order chi connectivity index (χ0) is 11.4. The van der Waals surface area contributed by atoms with Gasteiger partial charge in [0.2, 0.25) is 0 Å². The van der Waals surface area contributed by atoms with E-state index in [4.69, 9.17) is 0 Å². The molecule has 0 radical (unpaired) electrons. The van der Waals surface area contributed by atoms with Crippen LogP contribution in [0.15, 0.2) is 18.5 Å². The Morgan fingerprint density at radius 3 is 2.67 bits per heavy atom. The first-order valence-electron chi connectivity index (χ1n) is 5.35. The quantitative estimate of drug-likeness (QED) is 0.723. The first kappa shape index (κ1) is 12.5. The smallest absolute Gasteiger partial charge is 0.149 e. The highest BCUT2D eigenvalue weighted by Gasteiger charge is 2.07. The van der Waals surface area contributed by atoms with Crippen LogP contribution >= 0.6 is 22.9 Å². The summed E-state index contributed by atoms with van der Waals surface area (Å²) in [7, 11) is 0. The maximum absolute atomic E-state index is 4.37. The summed E-state index contributed by atoms with van der Waals surface area (Å²) in [5, 5.41) is 1.32. The summed E-state index contributed by atoms with van der Waals surface area (Å²) in [6, 6.07) is 2.10. The van der Waals surface area contributed by atoms with Crippen molar-refractivity contribution in [2.45, 2.75) is 34.1 Å². The van der Waals surface area contributed by atoms with Gasteiger partial charge in [-0.05, 0) is 30.5 Å².